The summed E-state index contributed by atoms with van der Waals surface area (Å²) in [5.74, 6) is -1.68. The molecule has 1 saturated heterocycles. The van der Waals surface area contributed by atoms with E-state index in [0.717, 1.165) is 12.8 Å². The van der Waals surface area contributed by atoms with Crippen molar-refractivity contribution in [3.63, 3.8) is 0 Å². The van der Waals surface area contributed by atoms with Gasteiger partial charge in [0, 0.05) is 18.7 Å². The number of amides is 1. The molecule has 0 atom stereocenters. The lowest BCUT2D eigenvalue weighted by Crippen LogP contribution is -2.35. The van der Waals surface area contributed by atoms with Gasteiger partial charge in [-0.2, -0.15) is 0 Å². The number of hydrogen-bond donors (Lipinski definition) is 1. The van der Waals surface area contributed by atoms with Crippen LogP contribution in [0.3, 0.4) is 0 Å². The van der Waals surface area contributed by atoms with E-state index in [0.29, 0.717) is 18.7 Å². The summed E-state index contributed by atoms with van der Waals surface area (Å²) in [4.78, 5) is 38.2. The van der Waals surface area contributed by atoms with Crippen LogP contribution in [0.5, 0.6) is 0 Å². The van der Waals surface area contributed by atoms with Crippen molar-refractivity contribution in [1.82, 2.24) is 10.2 Å². The first kappa shape index (κ1) is 18.3. The Morgan fingerprint density at radius 3 is 1.93 bits per heavy atom. The fourth-order valence-corrected chi connectivity index (χ4v) is 3.03. The van der Waals surface area contributed by atoms with Crippen molar-refractivity contribution in [2.24, 2.45) is 0 Å². The van der Waals surface area contributed by atoms with Crippen molar-refractivity contribution in [3.05, 3.63) is 93.4 Å². The van der Waals surface area contributed by atoms with Crippen molar-refractivity contribution in [3.8, 4) is 0 Å². The molecule has 0 bridgehead atoms. The van der Waals surface area contributed by atoms with E-state index in [1.807, 2.05) is 0 Å². The summed E-state index contributed by atoms with van der Waals surface area (Å²) in [6.07, 6.45) is 1.67. The van der Waals surface area contributed by atoms with Crippen molar-refractivity contribution >= 4 is 11.7 Å². The molecule has 3 rings (SSSR count). The summed E-state index contributed by atoms with van der Waals surface area (Å²) < 4.78 is 0. The molecule has 7 nitrogen and oxygen atoms in total. The number of allylic oxidation sites excluding steroid dienone is 1. The van der Waals surface area contributed by atoms with Crippen molar-refractivity contribution < 1.29 is 14.5 Å². The lowest BCUT2D eigenvalue weighted by atomic mass is 10.1. The number of ketones is 1. The van der Waals surface area contributed by atoms with Crippen molar-refractivity contribution in [1.29, 1.82) is 0 Å². The normalized spacial score (nSPS) is 14.4. The Morgan fingerprint density at radius 2 is 1.41 bits per heavy atom. The number of nitrogens with one attached hydrogen (secondary N) is 1. The molecule has 0 saturated carbocycles. The smallest absolute Gasteiger partial charge is 0.351 e. The van der Waals surface area contributed by atoms with E-state index in [1.54, 1.807) is 65.6 Å². The summed E-state index contributed by atoms with van der Waals surface area (Å²) in [6.45, 7) is 1.07. The van der Waals surface area contributed by atoms with Gasteiger partial charge in [-0.25, -0.2) is 10.1 Å². The van der Waals surface area contributed by atoms with Crippen LogP contribution in [0.15, 0.2) is 72.2 Å². The topological polar surface area (TPSA) is 92.6 Å². The molecule has 2 aromatic rings. The molecule has 27 heavy (non-hydrogen) atoms. The average molecular weight is 365 g/mol. The van der Waals surface area contributed by atoms with Gasteiger partial charge in [0.15, 0.2) is 5.70 Å². The van der Waals surface area contributed by atoms with Crippen LogP contribution in [0.1, 0.15) is 33.6 Å². The second kappa shape index (κ2) is 8.27. The van der Waals surface area contributed by atoms with E-state index >= 15 is 0 Å². The predicted molar refractivity (Wildman–Crippen MR) is 99.5 cm³/mol. The second-order valence-electron chi connectivity index (χ2n) is 6.16. The van der Waals surface area contributed by atoms with Crippen LogP contribution in [-0.4, -0.2) is 34.6 Å². The van der Waals surface area contributed by atoms with Gasteiger partial charge in [0.1, 0.15) is 0 Å². The molecular formula is C20H19N3O4. The summed E-state index contributed by atoms with van der Waals surface area (Å²) in [7, 11) is 0. The molecule has 138 valence electrons. The number of carbonyl (C=O) groups is 2. The maximum atomic E-state index is 13.0. The Hall–Kier alpha value is -3.48. The van der Waals surface area contributed by atoms with Crippen LogP contribution >= 0.6 is 0 Å². The average Bonchev–Trinajstić information content (AvgIpc) is 3.22. The second-order valence-corrected chi connectivity index (χ2v) is 6.16. The number of rotatable bonds is 6. The van der Waals surface area contributed by atoms with E-state index in [-0.39, 0.29) is 11.3 Å². The minimum absolute atomic E-state index is 0.0759. The molecule has 2 aromatic carbocycles. The van der Waals surface area contributed by atoms with Gasteiger partial charge < -0.3 is 15.0 Å². The molecule has 1 aliphatic rings. The first-order chi connectivity index (χ1) is 13.1. The van der Waals surface area contributed by atoms with Crippen LogP contribution in [0.2, 0.25) is 0 Å². The van der Waals surface area contributed by atoms with Gasteiger partial charge in [-0.3, -0.25) is 4.79 Å². The summed E-state index contributed by atoms with van der Waals surface area (Å²) in [6, 6.07) is 16.6. The molecule has 0 aromatic heterocycles. The lowest BCUT2D eigenvalue weighted by Gasteiger charge is -2.20. The number of nitro groups is 1. The zero-order valence-electron chi connectivity index (χ0n) is 14.6. The van der Waals surface area contributed by atoms with Crippen molar-refractivity contribution in [2.75, 3.05) is 13.1 Å². The maximum Gasteiger partial charge on any atom is 0.351 e. The Labute approximate surface area is 156 Å². The number of Topliss-reactive ketones (excluding diaryl/α,β-unsaturated/α-hetero) is 1. The molecule has 1 fully saturated rings. The number of hydrogen-bond acceptors (Lipinski definition) is 5. The molecule has 0 radical (unpaired) electrons. The molecule has 1 aliphatic heterocycles. The molecule has 1 amide bonds. The minimum Gasteiger partial charge on any atom is -0.362 e. The van der Waals surface area contributed by atoms with E-state index in [1.165, 1.54) is 0 Å². The van der Waals surface area contributed by atoms with E-state index < -0.39 is 22.4 Å². The Bertz CT molecular complexity index is 873. The van der Waals surface area contributed by atoms with Gasteiger partial charge in [-0.05, 0) is 29.9 Å². The summed E-state index contributed by atoms with van der Waals surface area (Å²) in [5, 5.41) is 14.1. The van der Waals surface area contributed by atoms with Gasteiger partial charge in [0.25, 0.3) is 0 Å². The SMILES string of the molecule is O=C(N/C(=C(/C(=O)c1ccccc1)N1CCCC1)[N+](=O)[O-])c1ccccc1. The number of likely N-dealkylation sites (tertiary alicyclic amines) is 1. The first-order valence-corrected chi connectivity index (χ1v) is 8.67. The highest BCUT2D eigenvalue weighted by molar-refractivity contribution is 6.09. The molecular weight excluding hydrogens is 346 g/mol. The van der Waals surface area contributed by atoms with Crippen LogP contribution in [0.4, 0.5) is 0 Å². The lowest BCUT2D eigenvalue weighted by molar-refractivity contribution is -0.431. The molecule has 0 unspecified atom stereocenters. The van der Waals surface area contributed by atoms with Crippen LogP contribution in [0.25, 0.3) is 0 Å². The van der Waals surface area contributed by atoms with Gasteiger partial charge in [0.05, 0.1) is 5.56 Å². The largest absolute Gasteiger partial charge is 0.362 e. The molecule has 0 spiro atoms. The Balaban J connectivity index is 2.03. The molecule has 1 heterocycles. The number of benzene rings is 2. The summed E-state index contributed by atoms with van der Waals surface area (Å²) >= 11 is 0. The van der Waals surface area contributed by atoms with Gasteiger partial charge >= 0.3 is 11.7 Å². The first-order valence-electron chi connectivity index (χ1n) is 8.67. The highest BCUT2D eigenvalue weighted by Gasteiger charge is 2.33. The van der Waals surface area contributed by atoms with Gasteiger partial charge in [-0.15, -0.1) is 0 Å². The monoisotopic (exact) mass is 365 g/mol. The summed E-state index contributed by atoms with van der Waals surface area (Å²) in [5.41, 5.74) is 0.547. The Morgan fingerprint density at radius 1 is 0.889 bits per heavy atom. The molecule has 0 aliphatic carbocycles. The zero-order chi connectivity index (χ0) is 19.2. The van der Waals surface area contributed by atoms with Crippen LogP contribution < -0.4 is 5.32 Å². The highest BCUT2D eigenvalue weighted by atomic mass is 16.6. The minimum atomic E-state index is -0.699. The van der Waals surface area contributed by atoms with E-state index in [9.17, 15) is 19.7 Å². The third kappa shape index (κ3) is 4.20. The fourth-order valence-electron chi connectivity index (χ4n) is 3.03. The highest BCUT2D eigenvalue weighted by Crippen LogP contribution is 2.22. The zero-order valence-corrected chi connectivity index (χ0v) is 14.6. The number of carbonyl (C=O) groups excluding carboxylic acids is 2. The van der Waals surface area contributed by atoms with Crippen LogP contribution in [-0.2, 0) is 0 Å². The Kier molecular flexibility index (Phi) is 5.61. The van der Waals surface area contributed by atoms with E-state index in [2.05, 4.69) is 5.32 Å². The quantitative estimate of drug-likeness (QED) is 0.368. The maximum absolute atomic E-state index is 13.0. The fraction of sp³-hybridized carbons (Fsp3) is 0.200. The number of nitrogens with zero attached hydrogens (tertiary/aromatic N) is 2. The third-order valence-corrected chi connectivity index (χ3v) is 4.35. The standard InChI is InChI=1S/C20H19N3O4/c24-18(15-9-3-1-4-10-15)17(22-13-7-8-14-22)19(23(26)27)21-20(25)16-11-5-2-6-12-16/h1-6,9-12H,7-8,13-14H2,(H,21,25)/b19-17+. The predicted octanol–water partition coefficient (Wildman–Crippen LogP) is 2.84. The molecule has 7 heteroatoms. The van der Waals surface area contributed by atoms with Crippen molar-refractivity contribution in [2.45, 2.75) is 12.8 Å². The molecule has 1 N–H and O–H groups in total. The third-order valence-electron chi connectivity index (χ3n) is 4.35. The van der Waals surface area contributed by atoms with Gasteiger partial charge in [-0.1, -0.05) is 48.5 Å². The van der Waals surface area contributed by atoms with Crippen LogP contribution in [0, 0.1) is 10.1 Å². The van der Waals surface area contributed by atoms with E-state index in [4.69, 9.17) is 0 Å². The van der Waals surface area contributed by atoms with Gasteiger partial charge in [0.2, 0.25) is 5.78 Å².